The standard InChI is InChI=1S/C18H14N2O3/c21-18(23-14-5-6-17-15(11-14)19-12-22-17)8-10-20-9-7-13-3-1-2-4-16(13)20/h1-7,9,11-12H,8,10H2. The molecule has 23 heavy (non-hydrogen) atoms. The Kier molecular flexibility index (Phi) is 3.31. The first-order valence-electron chi connectivity index (χ1n) is 7.37. The molecular weight excluding hydrogens is 292 g/mol. The lowest BCUT2D eigenvalue weighted by Crippen LogP contribution is -2.11. The second kappa shape index (κ2) is 5.61. The second-order valence-electron chi connectivity index (χ2n) is 5.27. The zero-order valence-corrected chi connectivity index (χ0v) is 12.3. The highest BCUT2D eigenvalue weighted by Crippen LogP contribution is 2.20. The molecule has 0 aliphatic carbocycles. The van der Waals surface area contributed by atoms with Crippen molar-refractivity contribution >= 4 is 28.0 Å². The molecular formula is C18H14N2O3. The van der Waals surface area contributed by atoms with Crippen LogP contribution in [0.25, 0.3) is 22.0 Å². The number of benzene rings is 2. The Morgan fingerprint density at radius 2 is 2.09 bits per heavy atom. The van der Waals surface area contributed by atoms with Crippen LogP contribution in [0.4, 0.5) is 0 Å². The van der Waals surface area contributed by atoms with Crippen LogP contribution in [-0.4, -0.2) is 15.5 Å². The van der Waals surface area contributed by atoms with Crippen LogP contribution < -0.4 is 4.74 Å². The molecule has 2 heterocycles. The molecule has 0 aliphatic rings. The van der Waals surface area contributed by atoms with Gasteiger partial charge in [0, 0.05) is 24.3 Å². The van der Waals surface area contributed by atoms with Crippen LogP contribution in [0.5, 0.6) is 5.75 Å². The van der Waals surface area contributed by atoms with Crippen LogP contribution in [0.1, 0.15) is 6.42 Å². The van der Waals surface area contributed by atoms with Gasteiger partial charge in [-0.1, -0.05) is 18.2 Å². The number of para-hydroxylation sites is 1. The van der Waals surface area contributed by atoms with E-state index in [1.54, 1.807) is 18.2 Å². The number of nitrogens with zero attached hydrogens (tertiary/aromatic N) is 2. The molecule has 114 valence electrons. The summed E-state index contributed by atoms with van der Waals surface area (Å²) in [6.45, 7) is 0.582. The van der Waals surface area contributed by atoms with Crippen LogP contribution in [0, 0.1) is 0 Å². The number of fused-ring (bicyclic) bond motifs is 2. The summed E-state index contributed by atoms with van der Waals surface area (Å²) in [5, 5.41) is 1.16. The van der Waals surface area contributed by atoms with E-state index in [1.165, 1.54) is 6.39 Å². The van der Waals surface area contributed by atoms with Crippen molar-refractivity contribution in [3.05, 3.63) is 61.1 Å². The quantitative estimate of drug-likeness (QED) is 0.425. The first-order chi connectivity index (χ1) is 11.3. The highest BCUT2D eigenvalue weighted by Gasteiger charge is 2.08. The Morgan fingerprint density at radius 3 is 3.04 bits per heavy atom. The maximum Gasteiger partial charge on any atom is 0.312 e. The van der Waals surface area contributed by atoms with Gasteiger partial charge in [0.1, 0.15) is 11.3 Å². The molecule has 5 nitrogen and oxygen atoms in total. The molecule has 4 aromatic rings. The highest BCUT2D eigenvalue weighted by molar-refractivity contribution is 5.80. The van der Waals surface area contributed by atoms with Gasteiger partial charge in [-0.3, -0.25) is 4.79 Å². The molecule has 0 bridgehead atoms. The third kappa shape index (κ3) is 2.68. The molecule has 0 radical (unpaired) electrons. The monoisotopic (exact) mass is 306 g/mol. The number of ether oxygens (including phenoxy) is 1. The fourth-order valence-corrected chi connectivity index (χ4v) is 2.63. The number of hydrogen-bond donors (Lipinski definition) is 0. The van der Waals surface area contributed by atoms with Crippen molar-refractivity contribution in [3.8, 4) is 5.75 Å². The van der Waals surface area contributed by atoms with Gasteiger partial charge in [-0.25, -0.2) is 4.98 Å². The van der Waals surface area contributed by atoms with Gasteiger partial charge in [-0.05, 0) is 29.7 Å². The van der Waals surface area contributed by atoms with E-state index in [0.717, 1.165) is 10.9 Å². The van der Waals surface area contributed by atoms with Crippen molar-refractivity contribution in [2.75, 3.05) is 0 Å². The van der Waals surface area contributed by atoms with Crippen LogP contribution in [-0.2, 0) is 11.3 Å². The van der Waals surface area contributed by atoms with E-state index >= 15 is 0 Å². The van der Waals surface area contributed by atoms with Gasteiger partial charge in [0.25, 0.3) is 0 Å². The van der Waals surface area contributed by atoms with Crippen LogP contribution in [0.15, 0.2) is 65.5 Å². The smallest absolute Gasteiger partial charge is 0.312 e. The van der Waals surface area contributed by atoms with Crippen molar-refractivity contribution < 1.29 is 13.9 Å². The van der Waals surface area contributed by atoms with Gasteiger partial charge in [-0.15, -0.1) is 0 Å². The molecule has 0 saturated carbocycles. The summed E-state index contributed by atoms with van der Waals surface area (Å²) in [7, 11) is 0. The van der Waals surface area contributed by atoms with E-state index in [-0.39, 0.29) is 5.97 Å². The maximum atomic E-state index is 12.0. The van der Waals surface area contributed by atoms with Gasteiger partial charge >= 0.3 is 5.97 Å². The van der Waals surface area contributed by atoms with Crippen molar-refractivity contribution in [1.82, 2.24) is 9.55 Å². The van der Waals surface area contributed by atoms with E-state index in [4.69, 9.17) is 9.15 Å². The van der Waals surface area contributed by atoms with E-state index in [0.29, 0.717) is 29.8 Å². The van der Waals surface area contributed by atoms with Crippen molar-refractivity contribution in [1.29, 1.82) is 0 Å². The average Bonchev–Trinajstić information content (AvgIpc) is 3.19. The number of aryl methyl sites for hydroxylation is 1. The maximum absolute atomic E-state index is 12.0. The number of aromatic nitrogens is 2. The number of esters is 1. The Balaban J connectivity index is 1.43. The number of hydrogen-bond acceptors (Lipinski definition) is 4. The SMILES string of the molecule is O=C(CCn1ccc2ccccc21)Oc1ccc2ocnc2c1. The molecule has 5 heteroatoms. The van der Waals surface area contributed by atoms with Crippen molar-refractivity contribution in [3.63, 3.8) is 0 Å². The summed E-state index contributed by atoms with van der Waals surface area (Å²) in [6.07, 6.45) is 3.66. The molecule has 0 aliphatic heterocycles. The molecule has 0 amide bonds. The number of rotatable bonds is 4. The lowest BCUT2D eigenvalue weighted by Gasteiger charge is -2.06. The fourth-order valence-electron chi connectivity index (χ4n) is 2.63. The summed E-state index contributed by atoms with van der Waals surface area (Å²) in [6, 6.07) is 15.3. The minimum absolute atomic E-state index is 0.273. The third-order valence-electron chi connectivity index (χ3n) is 3.77. The second-order valence-corrected chi connectivity index (χ2v) is 5.27. The summed E-state index contributed by atoms with van der Waals surface area (Å²) < 4.78 is 12.6. The Morgan fingerprint density at radius 1 is 1.17 bits per heavy atom. The van der Waals surface area contributed by atoms with E-state index in [9.17, 15) is 4.79 Å². The van der Waals surface area contributed by atoms with Crippen LogP contribution >= 0.6 is 0 Å². The van der Waals surface area contributed by atoms with Gasteiger partial charge < -0.3 is 13.7 Å². The lowest BCUT2D eigenvalue weighted by atomic mass is 10.2. The highest BCUT2D eigenvalue weighted by atomic mass is 16.5. The predicted octanol–water partition coefficient (Wildman–Crippen LogP) is 3.78. The molecule has 2 aromatic heterocycles. The predicted molar refractivity (Wildman–Crippen MR) is 86.2 cm³/mol. The van der Waals surface area contributed by atoms with Gasteiger partial charge in [0.15, 0.2) is 12.0 Å². The molecule has 0 unspecified atom stereocenters. The van der Waals surface area contributed by atoms with Crippen LogP contribution in [0.3, 0.4) is 0 Å². The van der Waals surface area contributed by atoms with Gasteiger partial charge in [0.2, 0.25) is 0 Å². The van der Waals surface area contributed by atoms with E-state index < -0.39 is 0 Å². The average molecular weight is 306 g/mol. The van der Waals surface area contributed by atoms with Crippen molar-refractivity contribution in [2.24, 2.45) is 0 Å². The van der Waals surface area contributed by atoms with E-state index in [1.807, 2.05) is 30.5 Å². The van der Waals surface area contributed by atoms with Gasteiger partial charge in [-0.2, -0.15) is 0 Å². The summed E-state index contributed by atoms with van der Waals surface area (Å²) in [5.41, 5.74) is 2.46. The normalized spacial score (nSPS) is 11.1. The fraction of sp³-hybridized carbons (Fsp3) is 0.111. The Hall–Kier alpha value is -3.08. The zero-order valence-electron chi connectivity index (χ0n) is 12.3. The largest absolute Gasteiger partial charge is 0.443 e. The Bertz CT molecular complexity index is 984. The molecule has 4 rings (SSSR count). The van der Waals surface area contributed by atoms with Crippen LogP contribution in [0.2, 0.25) is 0 Å². The summed E-state index contributed by atoms with van der Waals surface area (Å²) >= 11 is 0. The zero-order chi connectivity index (χ0) is 15.6. The summed E-state index contributed by atoms with van der Waals surface area (Å²) in [5.74, 6) is 0.208. The van der Waals surface area contributed by atoms with Crippen molar-refractivity contribution in [2.45, 2.75) is 13.0 Å². The van der Waals surface area contributed by atoms with Gasteiger partial charge in [0.05, 0.1) is 6.42 Å². The molecule has 0 saturated heterocycles. The lowest BCUT2D eigenvalue weighted by molar-refractivity contribution is -0.134. The number of carbonyl (C=O) groups is 1. The first-order valence-corrected chi connectivity index (χ1v) is 7.37. The first kappa shape index (κ1) is 13.6. The molecule has 0 spiro atoms. The number of oxazole rings is 1. The topological polar surface area (TPSA) is 57.3 Å². The summed E-state index contributed by atoms with van der Waals surface area (Å²) in [4.78, 5) is 16.1. The minimum Gasteiger partial charge on any atom is -0.443 e. The Labute approximate surface area is 132 Å². The molecule has 0 N–H and O–H groups in total. The molecule has 2 aromatic carbocycles. The minimum atomic E-state index is -0.273. The number of carbonyl (C=O) groups excluding carboxylic acids is 1. The van der Waals surface area contributed by atoms with E-state index in [2.05, 4.69) is 15.6 Å². The molecule has 0 atom stereocenters. The molecule has 0 fully saturated rings. The third-order valence-corrected chi connectivity index (χ3v) is 3.77.